The van der Waals surface area contributed by atoms with Gasteiger partial charge in [-0.05, 0) is 30.5 Å². The van der Waals surface area contributed by atoms with Crippen LogP contribution in [-0.4, -0.2) is 53.3 Å². The number of nitrogens with one attached hydrogen (secondary N) is 2. The summed E-state index contributed by atoms with van der Waals surface area (Å²) in [5, 5.41) is 6.56. The number of piperidine rings is 1. The van der Waals surface area contributed by atoms with Crippen molar-refractivity contribution in [3.8, 4) is 11.5 Å². The second-order valence-electron chi connectivity index (χ2n) is 7.89. The van der Waals surface area contributed by atoms with E-state index >= 15 is 0 Å². The van der Waals surface area contributed by atoms with Crippen LogP contribution in [0.15, 0.2) is 18.2 Å². The van der Waals surface area contributed by atoms with Gasteiger partial charge in [0, 0.05) is 31.3 Å². The van der Waals surface area contributed by atoms with Gasteiger partial charge in [0.25, 0.3) is 0 Å². The Balaban J connectivity index is 1.27. The van der Waals surface area contributed by atoms with Crippen molar-refractivity contribution in [2.75, 3.05) is 25.6 Å². The molecular weight excluding hydrogens is 378 g/mol. The molecule has 0 unspecified atom stereocenters. The zero-order valence-electron chi connectivity index (χ0n) is 16.3. The Morgan fingerprint density at radius 3 is 2.79 bits per heavy atom. The van der Waals surface area contributed by atoms with E-state index in [2.05, 4.69) is 10.6 Å². The second-order valence-corrected chi connectivity index (χ2v) is 9.29. The average molecular weight is 406 g/mol. The Kier molecular flexibility index (Phi) is 5.42. The Bertz CT molecular complexity index is 762. The van der Waals surface area contributed by atoms with Crippen molar-refractivity contribution in [1.29, 1.82) is 0 Å². The standard InChI is InChI=1S/C20H27N3O4S/c1-13(2)19(25)23-7-5-20(6-8-23)22-15(11-28-20)18(24)21-10-14-3-4-16-17(9-14)27-12-26-16/h3-4,9,13,15,22H,5-8,10-12H2,1-2H3,(H,21,24)/t15-/m1/s1. The Morgan fingerprint density at radius 2 is 2.04 bits per heavy atom. The number of carbonyl (C=O) groups excluding carboxylic acids is 2. The van der Waals surface area contributed by atoms with E-state index in [4.69, 9.17) is 9.47 Å². The predicted octanol–water partition coefficient (Wildman–Crippen LogP) is 1.71. The highest BCUT2D eigenvalue weighted by Gasteiger charge is 2.44. The number of carbonyl (C=O) groups is 2. The first-order valence-electron chi connectivity index (χ1n) is 9.82. The Labute approximate surface area is 169 Å². The number of ether oxygens (including phenoxy) is 2. The van der Waals surface area contributed by atoms with Gasteiger partial charge in [-0.3, -0.25) is 14.9 Å². The molecule has 152 valence electrons. The minimum atomic E-state index is -0.202. The van der Waals surface area contributed by atoms with Crippen molar-refractivity contribution >= 4 is 23.6 Å². The van der Waals surface area contributed by atoms with Gasteiger partial charge in [-0.15, -0.1) is 11.8 Å². The number of nitrogens with zero attached hydrogens (tertiary/aromatic N) is 1. The predicted molar refractivity (Wildman–Crippen MR) is 107 cm³/mol. The van der Waals surface area contributed by atoms with Crippen LogP contribution in [0.3, 0.4) is 0 Å². The molecule has 3 aliphatic rings. The van der Waals surface area contributed by atoms with Gasteiger partial charge < -0.3 is 19.7 Å². The molecule has 2 amide bonds. The zero-order chi connectivity index (χ0) is 19.7. The van der Waals surface area contributed by atoms with Gasteiger partial charge in [-0.1, -0.05) is 19.9 Å². The number of likely N-dealkylation sites (tertiary alicyclic amines) is 1. The third kappa shape index (κ3) is 3.93. The monoisotopic (exact) mass is 405 g/mol. The second kappa shape index (κ2) is 7.83. The van der Waals surface area contributed by atoms with Crippen LogP contribution < -0.4 is 20.1 Å². The van der Waals surface area contributed by atoms with Crippen molar-refractivity contribution in [2.45, 2.75) is 44.1 Å². The maximum Gasteiger partial charge on any atom is 0.238 e. The van der Waals surface area contributed by atoms with E-state index < -0.39 is 0 Å². The highest BCUT2D eigenvalue weighted by Crippen LogP contribution is 2.39. The normalized spacial score (nSPS) is 22.7. The SMILES string of the molecule is CC(C)C(=O)N1CCC2(CC1)N[C@@H](C(=O)NCc1ccc3c(c1)OCO3)CS2. The summed E-state index contributed by atoms with van der Waals surface area (Å²) in [6, 6.07) is 5.51. The van der Waals surface area contributed by atoms with E-state index in [1.165, 1.54) is 0 Å². The van der Waals surface area contributed by atoms with Gasteiger partial charge in [0.1, 0.15) is 0 Å². The molecule has 1 spiro atoms. The molecule has 7 nitrogen and oxygen atoms in total. The first kappa shape index (κ1) is 19.4. The molecule has 3 aliphatic heterocycles. The number of thioether (sulfide) groups is 1. The molecular formula is C20H27N3O4S. The largest absolute Gasteiger partial charge is 0.454 e. The maximum atomic E-state index is 12.6. The van der Waals surface area contributed by atoms with Crippen LogP contribution in [0.4, 0.5) is 0 Å². The van der Waals surface area contributed by atoms with Gasteiger partial charge in [-0.2, -0.15) is 0 Å². The van der Waals surface area contributed by atoms with Gasteiger partial charge in [0.05, 0.1) is 10.9 Å². The average Bonchev–Trinajstić information content (AvgIpc) is 3.33. The molecule has 8 heteroatoms. The molecule has 4 rings (SSSR count). The lowest BCUT2D eigenvalue weighted by Crippen LogP contribution is -2.54. The molecule has 0 aliphatic carbocycles. The lowest BCUT2D eigenvalue weighted by molar-refractivity contribution is -0.136. The van der Waals surface area contributed by atoms with Crippen molar-refractivity contribution in [2.24, 2.45) is 5.92 Å². The van der Waals surface area contributed by atoms with E-state index in [1.807, 2.05) is 48.7 Å². The van der Waals surface area contributed by atoms with E-state index in [-0.39, 0.29) is 35.4 Å². The number of hydrogen-bond donors (Lipinski definition) is 2. The fourth-order valence-electron chi connectivity index (χ4n) is 3.89. The first-order chi connectivity index (χ1) is 13.5. The Morgan fingerprint density at radius 1 is 1.29 bits per heavy atom. The summed E-state index contributed by atoms with van der Waals surface area (Å²) in [5.41, 5.74) is 0.985. The molecule has 1 aromatic carbocycles. The van der Waals surface area contributed by atoms with Crippen molar-refractivity contribution in [3.05, 3.63) is 23.8 Å². The van der Waals surface area contributed by atoms with E-state index in [0.717, 1.165) is 48.7 Å². The van der Waals surface area contributed by atoms with Crippen molar-refractivity contribution in [1.82, 2.24) is 15.5 Å². The molecule has 2 fully saturated rings. The number of fused-ring (bicyclic) bond motifs is 1. The summed E-state index contributed by atoms with van der Waals surface area (Å²) < 4.78 is 10.7. The number of amides is 2. The minimum absolute atomic E-state index is 0.0164. The minimum Gasteiger partial charge on any atom is -0.454 e. The highest BCUT2D eigenvalue weighted by molar-refractivity contribution is 8.01. The van der Waals surface area contributed by atoms with Gasteiger partial charge in [0.2, 0.25) is 18.6 Å². The lowest BCUT2D eigenvalue weighted by atomic mass is 10.0. The molecule has 0 aromatic heterocycles. The van der Waals surface area contributed by atoms with Crippen molar-refractivity contribution < 1.29 is 19.1 Å². The number of rotatable bonds is 4. The third-order valence-corrected chi connectivity index (χ3v) is 7.14. The fraction of sp³-hybridized carbons (Fsp3) is 0.600. The van der Waals surface area contributed by atoms with Crippen molar-refractivity contribution in [3.63, 3.8) is 0 Å². The molecule has 0 bridgehead atoms. The zero-order valence-corrected chi connectivity index (χ0v) is 17.1. The topological polar surface area (TPSA) is 79.9 Å². The summed E-state index contributed by atoms with van der Waals surface area (Å²) in [5.74, 6) is 2.49. The lowest BCUT2D eigenvalue weighted by Gasteiger charge is -2.39. The van der Waals surface area contributed by atoms with Crippen LogP contribution in [0.2, 0.25) is 0 Å². The molecule has 1 aromatic rings. The summed E-state index contributed by atoms with van der Waals surface area (Å²) >= 11 is 1.82. The molecule has 1 atom stereocenters. The van der Waals surface area contributed by atoms with Crippen LogP contribution in [0.1, 0.15) is 32.3 Å². The summed E-state index contributed by atoms with van der Waals surface area (Å²) in [4.78, 5) is 26.7. The Hall–Kier alpha value is -1.93. The quantitative estimate of drug-likeness (QED) is 0.794. The van der Waals surface area contributed by atoms with Crippen LogP contribution in [0.5, 0.6) is 11.5 Å². The fourth-order valence-corrected chi connectivity index (χ4v) is 5.31. The van der Waals surface area contributed by atoms with E-state index in [0.29, 0.717) is 6.54 Å². The van der Waals surface area contributed by atoms with Crippen LogP contribution in [0, 0.1) is 5.92 Å². The molecule has 3 heterocycles. The summed E-state index contributed by atoms with van der Waals surface area (Å²) in [6.07, 6.45) is 1.75. The van der Waals surface area contributed by atoms with Crippen LogP contribution in [0.25, 0.3) is 0 Å². The summed E-state index contributed by atoms with van der Waals surface area (Å²) in [7, 11) is 0. The van der Waals surface area contributed by atoms with E-state index in [9.17, 15) is 9.59 Å². The maximum absolute atomic E-state index is 12.6. The van der Waals surface area contributed by atoms with Gasteiger partial charge in [0.15, 0.2) is 11.5 Å². The molecule has 28 heavy (non-hydrogen) atoms. The smallest absolute Gasteiger partial charge is 0.238 e. The number of benzene rings is 1. The molecule has 2 saturated heterocycles. The summed E-state index contributed by atoms with van der Waals surface area (Å²) in [6.45, 7) is 6.09. The number of hydrogen-bond acceptors (Lipinski definition) is 6. The molecule has 0 saturated carbocycles. The third-order valence-electron chi connectivity index (χ3n) is 5.56. The van der Waals surface area contributed by atoms with E-state index in [1.54, 1.807) is 0 Å². The molecule has 0 radical (unpaired) electrons. The van der Waals surface area contributed by atoms with Gasteiger partial charge in [-0.25, -0.2) is 0 Å². The molecule has 2 N–H and O–H groups in total. The van der Waals surface area contributed by atoms with Crippen LogP contribution in [-0.2, 0) is 16.1 Å². The van der Waals surface area contributed by atoms with Crippen LogP contribution >= 0.6 is 11.8 Å². The first-order valence-corrected chi connectivity index (χ1v) is 10.8. The van der Waals surface area contributed by atoms with Gasteiger partial charge >= 0.3 is 0 Å². The highest BCUT2D eigenvalue weighted by atomic mass is 32.2.